The van der Waals surface area contributed by atoms with Crippen molar-refractivity contribution in [3.63, 3.8) is 0 Å². The van der Waals surface area contributed by atoms with Crippen LogP contribution in [0.25, 0.3) is 22.1 Å². The standard InChI is InChI=1S/C19H22N6/c1-12-8-9-14(13(2)10-12)11-20-23-19-21-18-17(22-24-19)15-6-4-5-7-16(15)25(18)3/h4-8,11,13-14H,9-10H2,1-3H3,(H,21,23,24)/b20-11-/t13-,14+/m1/s1. The van der Waals surface area contributed by atoms with Crippen molar-refractivity contribution in [3.8, 4) is 0 Å². The van der Waals surface area contributed by atoms with Crippen LogP contribution in [0.15, 0.2) is 41.0 Å². The number of hydrazone groups is 1. The van der Waals surface area contributed by atoms with E-state index in [0.29, 0.717) is 17.8 Å². The molecule has 2 aromatic heterocycles. The number of aromatic nitrogens is 4. The number of rotatable bonds is 3. The number of hydrogen-bond donors (Lipinski definition) is 1. The van der Waals surface area contributed by atoms with Crippen molar-refractivity contribution in [1.82, 2.24) is 19.7 Å². The summed E-state index contributed by atoms with van der Waals surface area (Å²) in [6.45, 7) is 4.47. The second kappa shape index (κ2) is 6.27. The molecule has 0 bridgehead atoms. The fraction of sp³-hybridized carbons (Fsp3) is 0.368. The molecule has 0 fully saturated rings. The van der Waals surface area contributed by atoms with Gasteiger partial charge in [-0.25, -0.2) is 5.43 Å². The van der Waals surface area contributed by atoms with Gasteiger partial charge in [0.15, 0.2) is 5.65 Å². The van der Waals surface area contributed by atoms with Crippen LogP contribution in [0.5, 0.6) is 0 Å². The van der Waals surface area contributed by atoms with E-state index in [0.717, 1.165) is 34.9 Å². The second-order valence-electron chi connectivity index (χ2n) is 6.91. The largest absolute Gasteiger partial charge is 0.327 e. The minimum Gasteiger partial charge on any atom is -0.327 e. The fourth-order valence-electron chi connectivity index (χ4n) is 3.56. The number of anilines is 1. The van der Waals surface area contributed by atoms with E-state index in [4.69, 9.17) is 0 Å². The summed E-state index contributed by atoms with van der Waals surface area (Å²) in [6, 6.07) is 8.12. The number of fused-ring (bicyclic) bond motifs is 3. The van der Waals surface area contributed by atoms with Crippen LogP contribution in [0, 0.1) is 11.8 Å². The molecule has 2 atom stereocenters. The maximum absolute atomic E-state index is 4.58. The minimum absolute atomic E-state index is 0.421. The number of benzene rings is 1. The van der Waals surface area contributed by atoms with Gasteiger partial charge in [-0.05, 0) is 31.7 Å². The van der Waals surface area contributed by atoms with Gasteiger partial charge in [-0.3, -0.25) is 0 Å². The van der Waals surface area contributed by atoms with Crippen LogP contribution in [0.4, 0.5) is 5.95 Å². The van der Waals surface area contributed by atoms with Crippen molar-refractivity contribution in [1.29, 1.82) is 0 Å². The van der Waals surface area contributed by atoms with E-state index in [-0.39, 0.29) is 0 Å². The van der Waals surface area contributed by atoms with Gasteiger partial charge in [-0.15, -0.1) is 10.2 Å². The molecule has 0 unspecified atom stereocenters. The van der Waals surface area contributed by atoms with Gasteiger partial charge >= 0.3 is 0 Å². The molecule has 0 amide bonds. The summed E-state index contributed by atoms with van der Waals surface area (Å²) in [4.78, 5) is 4.58. The first-order valence-electron chi connectivity index (χ1n) is 8.66. The number of hydrogen-bond acceptors (Lipinski definition) is 5. The Morgan fingerprint density at radius 2 is 2.12 bits per heavy atom. The van der Waals surface area contributed by atoms with E-state index in [1.165, 1.54) is 5.57 Å². The van der Waals surface area contributed by atoms with Crippen molar-refractivity contribution in [2.45, 2.75) is 26.7 Å². The van der Waals surface area contributed by atoms with E-state index < -0.39 is 0 Å². The molecule has 2 heterocycles. The zero-order valence-electron chi connectivity index (χ0n) is 14.8. The highest BCUT2D eigenvalue weighted by atomic mass is 15.4. The second-order valence-corrected chi connectivity index (χ2v) is 6.91. The molecule has 1 aliphatic carbocycles. The average molecular weight is 334 g/mol. The Morgan fingerprint density at radius 3 is 2.96 bits per heavy atom. The quantitative estimate of drug-likeness (QED) is 0.448. The van der Waals surface area contributed by atoms with Gasteiger partial charge in [0.25, 0.3) is 5.95 Å². The number of aryl methyl sites for hydroxylation is 1. The van der Waals surface area contributed by atoms with Crippen LogP contribution in [0.1, 0.15) is 26.7 Å². The maximum atomic E-state index is 4.58. The molecule has 3 aromatic rings. The number of allylic oxidation sites excluding steroid dienone is 2. The Morgan fingerprint density at radius 1 is 1.28 bits per heavy atom. The molecule has 0 saturated heterocycles. The summed E-state index contributed by atoms with van der Waals surface area (Å²) in [7, 11) is 1.99. The first-order valence-corrected chi connectivity index (χ1v) is 8.66. The molecule has 0 saturated carbocycles. The van der Waals surface area contributed by atoms with Crippen LogP contribution in [0.3, 0.4) is 0 Å². The Kier molecular flexibility index (Phi) is 3.95. The summed E-state index contributed by atoms with van der Waals surface area (Å²) in [5.74, 6) is 1.48. The topological polar surface area (TPSA) is 68.0 Å². The Hall–Kier alpha value is -2.76. The Bertz CT molecular complexity index is 984. The highest BCUT2D eigenvalue weighted by molar-refractivity contribution is 6.04. The van der Waals surface area contributed by atoms with Gasteiger partial charge in [-0.2, -0.15) is 10.1 Å². The lowest BCUT2D eigenvalue weighted by molar-refractivity contribution is 0.438. The van der Waals surface area contributed by atoms with Crippen molar-refractivity contribution >= 4 is 34.2 Å². The Balaban J connectivity index is 1.57. The molecule has 128 valence electrons. The lowest BCUT2D eigenvalue weighted by Gasteiger charge is -2.24. The smallest absolute Gasteiger partial charge is 0.265 e. The predicted molar refractivity (Wildman–Crippen MR) is 102 cm³/mol. The normalized spacial score (nSPS) is 21.2. The zero-order valence-corrected chi connectivity index (χ0v) is 14.8. The lowest BCUT2D eigenvalue weighted by atomic mass is 9.82. The number of nitrogens with one attached hydrogen (secondary N) is 1. The highest BCUT2D eigenvalue weighted by Crippen LogP contribution is 2.28. The molecule has 25 heavy (non-hydrogen) atoms. The SMILES string of the molecule is CC1=CC[C@@H](/C=N\Nc2nnc3c4ccccc4n(C)c3n2)[C@H](C)C1. The fourth-order valence-corrected chi connectivity index (χ4v) is 3.56. The monoisotopic (exact) mass is 334 g/mol. The molecule has 6 heteroatoms. The molecule has 1 aliphatic rings. The zero-order chi connectivity index (χ0) is 17.4. The predicted octanol–water partition coefficient (Wildman–Crippen LogP) is 3.91. The van der Waals surface area contributed by atoms with Crippen molar-refractivity contribution in [2.24, 2.45) is 24.0 Å². The first-order chi connectivity index (χ1) is 12.1. The van der Waals surface area contributed by atoms with Crippen molar-refractivity contribution in [3.05, 3.63) is 35.9 Å². The molecule has 0 radical (unpaired) electrons. The van der Waals surface area contributed by atoms with Crippen LogP contribution in [-0.2, 0) is 7.05 Å². The molecular weight excluding hydrogens is 312 g/mol. The maximum Gasteiger partial charge on any atom is 0.265 e. The Labute approximate surface area is 146 Å². The van der Waals surface area contributed by atoms with Gasteiger partial charge in [0.05, 0.1) is 5.52 Å². The molecule has 4 rings (SSSR count). The molecule has 6 nitrogen and oxygen atoms in total. The van der Waals surface area contributed by atoms with Gasteiger partial charge in [-0.1, -0.05) is 36.8 Å². The molecule has 0 aliphatic heterocycles. The summed E-state index contributed by atoms with van der Waals surface area (Å²) in [5, 5.41) is 13.9. The van der Waals surface area contributed by atoms with Gasteiger partial charge in [0.2, 0.25) is 0 Å². The van der Waals surface area contributed by atoms with E-state index >= 15 is 0 Å². The van der Waals surface area contributed by atoms with E-state index in [1.807, 2.05) is 36.0 Å². The first kappa shape index (κ1) is 15.7. The minimum atomic E-state index is 0.421. The molecule has 0 spiro atoms. The third kappa shape index (κ3) is 2.88. The third-order valence-electron chi connectivity index (χ3n) is 5.05. The average Bonchev–Trinajstić information content (AvgIpc) is 2.90. The van der Waals surface area contributed by atoms with Crippen LogP contribution >= 0.6 is 0 Å². The van der Waals surface area contributed by atoms with E-state index in [1.54, 1.807) is 0 Å². The van der Waals surface area contributed by atoms with Crippen molar-refractivity contribution < 1.29 is 0 Å². The van der Waals surface area contributed by atoms with Crippen LogP contribution in [0.2, 0.25) is 0 Å². The van der Waals surface area contributed by atoms with Gasteiger partial charge < -0.3 is 4.57 Å². The number of para-hydroxylation sites is 1. The van der Waals surface area contributed by atoms with Crippen molar-refractivity contribution in [2.75, 3.05) is 5.43 Å². The molecular formula is C19H22N6. The summed E-state index contributed by atoms with van der Waals surface area (Å²) in [6.07, 6.45) is 6.45. The van der Waals surface area contributed by atoms with Crippen LogP contribution in [-0.4, -0.2) is 26.0 Å². The van der Waals surface area contributed by atoms with E-state index in [2.05, 4.69) is 51.7 Å². The molecule has 1 N–H and O–H groups in total. The lowest BCUT2D eigenvalue weighted by Crippen LogP contribution is -2.17. The van der Waals surface area contributed by atoms with Crippen LogP contribution < -0.4 is 5.43 Å². The highest BCUT2D eigenvalue weighted by Gasteiger charge is 2.19. The molecule has 1 aromatic carbocycles. The van der Waals surface area contributed by atoms with Gasteiger partial charge in [0, 0.05) is 24.6 Å². The summed E-state index contributed by atoms with van der Waals surface area (Å²) < 4.78 is 2.03. The van der Waals surface area contributed by atoms with E-state index in [9.17, 15) is 0 Å². The van der Waals surface area contributed by atoms with Gasteiger partial charge in [0.1, 0.15) is 5.52 Å². The number of nitrogens with zero attached hydrogens (tertiary/aromatic N) is 5. The summed E-state index contributed by atoms with van der Waals surface area (Å²) in [5.41, 5.74) is 7.12. The third-order valence-corrected chi connectivity index (χ3v) is 5.05. The summed E-state index contributed by atoms with van der Waals surface area (Å²) >= 11 is 0.